The molecule has 1 aliphatic rings. The summed E-state index contributed by atoms with van der Waals surface area (Å²) in [4.78, 5) is 14.8. The number of ether oxygens (including phenoxy) is 5. The van der Waals surface area contributed by atoms with Crippen molar-refractivity contribution in [3.63, 3.8) is 0 Å². The molecule has 8 heteroatoms. The van der Waals surface area contributed by atoms with Gasteiger partial charge >= 0.3 is 0 Å². The predicted molar refractivity (Wildman–Crippen MR) is 117 cm³/mol. The summed E-state index contributed by atoms with van der Waals surface area (Å²) in [5, 5.41) is 0.612. The Labute approximate surface area is 187 Å². The lowest BCUT2D eigenvalue weighted by atomic mass is 10.1. The van der Waals surface area contributed by atoms with Crippen LogP contribution in [0.1, 0.15) is 18.4 Å². The van der Waals surface area contributed by atoms with Gasteiger partial charge in [0.05, 0.1) is 27.4 Å². The van der Waals surface area contributed by atoms with Crippen LogP contribution in [-0.2, 0) is 16.1 Å². The van der Waals surface area contributed by atoms with E-state index < -0.39 is 0 Å². The number of amides is 1. The van der Waals surface area contributed by atoms with Crippen molar-refractivity contribution in [1.82, 2.24) is 4.90 Å². The minimum atomic E-state index is -0.140. The molecule has 1 amide bonds. The topological polar surface area (TPSA) is 66.5 Å². The van der Waals surface area contributed by atoms with Crippen LogP contribution < -0.4 is 18.9 Å². The van der Waals surface area contributed by atoms with Crippen LogP contribution in [0.25, 0.3) is 0 Å². The van der Waals surface area contributed by atoms with Crippen molar-refractivity contribution in [1.29, 1.82) is 0 Å². The Morgan fingerprint density at radius 1 is 1.10 bits per heavy atom. The largest absolute Gasteiger partial charge is 0.493 e. The number of hydrogen-bond acceptors (Lipinski definition) is 6. The van der Waals surface area contributed by atoms with E-state index >= 15 is 0 Å². The Morgan fingerprint density at radius 3 is 2.32 bits per heavy atom. The van der Waals surface area contributed by atoms with Crippen LogP contribution in [0.15, 0.2) is 36.4 Å². The molecule has 0 bridgehead atoms. The van der Waals surface area contributed by atoms with Crippen LogP contribution in [0.2, 0.25) is 5.02 Å². The van der Waals surface area contributed by atoms with E-state index in [0.717, 1.165) is 25.0 Å². The lowest BCUT2D eigenvalue weighted by Gasteiger charge is -2.26. The number of carbonyl (C=O) groups excluding carboxylic acids is 1. The van der Waals surface area contributed by atoms with Crippen molar-refractivity contribution in [3.8, 4) is 23.0 Å². The van der Waals surface area contributed by atoms with E-state index in [1.165, 1.54) is 0 Å². The fourth-order valence-corrected chi connectivity index (χ4v) is 3.63. The van der Waals surface area contributed by atoms with Crippen LogP contribution in [0.3, 0.4) is 0 Å². The van der Waals surface area contributed by atoms with Gasteiger partial charge < -0.3 is 28.6 Å². The van der Waals surface area contributed by atoms with E-state index in [-0.39, 0.29) is 18.6 Å². The number of hydrogen-bond donors (Lipinski definition) is 0. The molecule has 2 aromatic carbocycles. The monoisotopic (exact) mass is 449 g/mol. The summed E-state index contributed by atoms with van der Waals surface area (Å²) < 4.78 is 27.7. The highest BCUT2D eigenvalue weighted by atomic mass is 35.5. The van der Waals surface area contributed by atoms with Gasteiger partial charge in [-0.3, -0.25) is 4.79 Å². The highest BCUT2D eigenvalue weighted by Crippen LogP contribution is 2.38. The number of carbonyl (C=O) groups is 1. The normalized spacial score (nSPS) is 15.4. The summed E-state index contributed by atoms with van der Waals surface area (Å²) in [6, 6.07) is 10.6. The van der Waals surface area contributed by atoms with Crippen molar-refractivity contribution in [2.24, 2.45) is 0 Å². The van der Waals surface area contributed by atoms with Crippen LogP contribution in [0, 0.1) is 0 Å². The number of rotatable bonds is 10. The molecule has 0 N–H and O–H groups in total. The molecule has 1 fully saturated rings. The first kappa shape index (κ1) is 23.0. The molecule has 1 atom stereocenters. The van der Waals surface area contributed by atoms with Gasteiger partial charge in [-0.15, -0.1) is 0 Å². The van der Waals surface area contributed by atoms with Gasteiger partial charge in [0.2, 0.25) is 5.75 Å². The quantitative estimate of drug-likeness (QED) is 0.547. The van der Waals surface area contributed by atoms with Gasteiger partial charge in [0.15, 0.2) is 18.1 Å². The lowest BCUT2D eigenvalue weighted by molar-refractivity contribution is -0.135. The lowest BCUT2D eigenvalue weighted by Crippen LogP contribution is -2.39. The molecule has 31 heavy (non-hydrogen) atoms. The van der Waals surface area contributed by atoms with Gasteiger partial charge in [-0.1, -0.05) is 11.6 Å². The Kier molecular flexibility index (Phi) is 8.26. The van der Waals surface area contributed by atoms with Crippen LogP contribution >= 0.6 is 11.6 Å². The van der Waals surface area contributed by atoms with Crippen molar-refractivity contribution < 1.29 is 28.5 Å². The summed E-state index contributed by atoms with van der Waals surface area (Å²) in [5.74, 6) is 2.04. The third kappa shape index (κ3) is 6.18. The first-order chi connectivity index (χ1) is 15.0. The van der Waals surface area contributed by atoms with Gasteiger partial charge in [-0.2, -0.15) is 0 Å². The maximum Gasteiger partial charge on any atom is 0.260 e. The standard InChI is InChI=1S/C23H28ClNO6/c1-27-20-11-16(12-21(28-2)23(20)29-3)13-25(14-19-5-4-10-30-19)22(26)15-31-18-8-6-17(24)7-9-18/h6-9,11-12,19H,4-5,10,13-15H2,1-3H3/t19-/m0/s1. The smallest absolute Gasteiger partial charge is 0.260 e. The van der Waals surface area contributed by atoms with Crippen molar-refractivity contribution in [2.45, 2.75) is 25.5 Å². The first-order valence-electron chi connectivity index (χ1n) is 10.1. The molecule has 0 unspecified atom stereocenters. The molecule has 168 valence electrons. The Bertz CT molecular complexity index is 842. The predicted octanol–water partition coefficient (Wildman–Crippen LogP) is 3.95. The highest BCUT2D eigenvalue weighted by molar-refractivity contribution is 6.30. The number of methoxy groups -OCH3 is 3. The Balaban J connectivity index is 1.76. The van der Waals surface area contributed by atoms with Crippen molar-refractivity contribution >= 4 is 17.5 Å². The van der Waals surface area contributed by atoms with Gasteiger partial charge in [-0.05, 0) is 54.8 Å². The fourth-order valence-electron chi connectivity index (χ4n) is 3.50. The number of nitrogens with zero attached hydrogens (tertiary/aromatic N) is 1. The molecule has 3 rings (SSSR count). The molecular formula is C23H28ClNO6. The average Bonchev–Trinajstić information content (AvgIpc) is 3.30. The maximum absolute atomic E-state index is 13.0. The number of benzene rings is 2. The molecule has 0 saturated carbocycles. The van der Waals surface area contributed by atoms with Crippen LogP contribution in [-0.4, -0.2) is 58.0 Å². The van der Waals surface area contributed by atoms with Crippen LogP contribution in [0.4, 0.5) is 0 Å². The van der Waals surface area contributed by atoms with Crippen LogP contribution in [0.5, 0.6) is 23.0 Å². The molecule has 0 aliphatic carbocycles. The molecule has 0 radical (unpaired) electrons. The minimum absolute atomic E-state index is 0.0153. The van der Waals surface area contributed by atoms with E-state index in [9.17, 15) is 4.79 Å². The fraction of sp³-hybridized carbons (Fsp3) is 0.435. The average molecular weight is 450 g/mol. The summed E-state index contributed by atoms with van der Waals surface area (Å²) in [6.45, 7) is 1.48. The van der Waals surface area contributed by atoms with E-state index in [1.807, 2.05) is 12.1 Å². The third-order valence-corrected chi connectivity index (χ3v) is 5.33. The molecular weight excluding hydrogens is 422 g/mol. The van der Waals surface area contributed by atoms with Crippen molar-refractivity contribution in [3.05, 3.63) is 47.0 Å². The molecule has 7 nitrogen and oxygen atoms in total. The minimum Gasteiger partial charge on any atom is -0.493 e. The molecule has 0 spiro atoms. The number of halogens is 1. The molecule has 1 saturated heterocycles. The van der Waals surface area contributed by atoms with Gasteiger partial charge in [0, 0.05) is 24.7 Å². The highest BCUT2D eigenvalue weighted by Gasteiger charge is 2.24. The SMILES string of the molecule is COc1cc(CN(C[C@@H]2CCCO2)C(=O)COc2ccc(Cl)cc2)cc(OC)c1OC. The van der Waals surface area contributed by atoms with Gasteiger partial charge in [-0.25, -0.2) is 0 Å². The Hall–Kier alpha value is -2.64. The van der Waals surface area contributed by atoms with Gasteiger partial charge in [0.25, 0.3) is 5.91 Å². The molecule has 0 aromatic heterocycles. The maximum atomic E-state index is 13.0. The van der Waals surface area contributed by atoms with Crippen molar-refractivity contribution in [2.75, 3.05) is 41.1 Å². The van der Waals surface area contributed by atoms with E-state index in [2.05, 4.69) is 0 Å². The zero-order valence-electron chi connectivity index (χ0n) is 18.1. The van der Waals surface area contributed by atoms with Gasteiger partial charge in [0.1, 0.15) is 5.75 Å². The Morgan fingerprint density at radius 2 is 1.77 bits per heavy atom. The second-order valence-corrected chi connectivity index (χ2v) is 7.62. The zero-order chi connectivity index (χ0) is 22.2. The molecule has 2 aromatic rings. The third-order valence-electron chi connectivity index (χ3n) is 5.07. The summed E-state index contributed by atoms with van der Waals surface area (Å²) in [7, 11) is 4.69. The molecule has 1 aliphatic heterocycles. The summed E-state index contributed by atoms with van der Waals surface area (Å²) >= 11 is 5.91. The van der Waals surface area contributed by atoms with E-state index in [1.54, 1.807) is 50.5 Å². The summed E-state index contributed by atoms with van der Waals surface area (Å²) in [5.41, 5.74) is 0.854. The zero-order valence-corrected chi connectivity index (χ0v) is 18.8. The summed E-state index contributed by atoms with van der Waals surface area (Å²) in [6.07, 6.45) is 1.94. The second kappa shape index (κ2) is 11.1. The van der Waals surface area contributed by atoms with E-state index in [0.29, 0.717) is 41.1 Å². The second-order valence-electron chi connectivity index (χ2n) is 7.19. The van der Waals surface area contributed by atoms with E-state index in [4.69, 9.17) is 35.3 Å². The first-order valence-corrected chi connectivity index (χ1v) is 10.5. The molecule has 1 heterocycles.